The van der Waals surface area contributed by atoms with E-state index in [1.807, 2.05) is 37.6 Å². The fourth-order valence-corrected chi connectivity index (χ4v) is 2.50. The molecule has 1 atom stereocenters. The van der Waals surface area contributed by atoms with Crippen LogP contribution in [0.25, 0.3) is 10.9 Å². The first-order chi connectivity index (χ1) is 9.13. The van der Waals surface area contributed by atoms with Gasteiger partial charge in [-0.3, -0.25) is 9.36 Å². The van der Waals surface area contributed by atoms with E-state index in [0.717, 1.165) is 20.9 Å². The van der Waals surface area contributed by atoms with Crippen molar-refractivity contribution in [3.8, 4) is 0 Å². The Morgan fingerprint density at radius 3 is 2.89 bits per heavy atom. The summed E-state index contributed by atoms with van der Waals surface area (Å²) in [5.41, 5.74) is 1.70. The van der Waals surface area contributed by atoms with Crippen LogP contribution in [0.5, 0.6) is 0 Å². The van der Waals surface area contributed by atoms with E-state index in [1.54, 1.807) is 15.6 Å². The Morgan fingerprint density at radius 2 is 2.21 bits per heavy atom. The van der Waals surface area contributed by atoms with Crippen LogP contribution in [0.15, 0.2) is 41.3 Å². The third-order valence-corrected chi connectivity index (χ3v) is 3.71. The first-order valence-electron chi connectivity index (χ1n) is 5.92. The van der Waals surface area contributed by atoms with Gasteiger partial charge in [-0.25, -0.2) is 0 Å². The SMILES string of the molecule is Cn1cc(C(O)Cn2cc3c(Br)cccc3n2)cn1. The van der Waals surface area contributed by atoms with Crippen LogP contribution >= 0.6 is 15.9 Å². The summed E-state index contributed by atoms with van der Waals surface area (Å²) < 4.78 is 4.44. The molecular weight excluding hydrogens is 308 g/mol. The Balaban J connectivity index is 1.87. The lowest BCUT2D eigenvalue weighted by Crippen LogP contribution is -2.08. The molecule has 5 nitrogen and oxygen atoms in total. The van der Waals surface area contributed by atoms with Gasteiger partial charge in [-0.15, -0.1) is 0 Å². The molecule has 6 heteroatoms. The average Bonchev–Trinajstić information content (AvgIpc) is 2.96. The van der Waals surface area contributed by atoms with Crippen molar-refractivity contribution >= 4 is 26.8 Å². The standard InChI is InChI=1S/C13H13BrN4O/c1-17-6-9(5-15-17)13(19)8-18-7-10-11(14)3-2-4-12(10)16-18/h2-7,13,19H,8H2,1H3. The van der Waals surface area contributed by atoms with Gasteiger partial charge in [0.2, 0.25) is 0 Å². The van der Waals surface area contributed by atoms with Crippen LogP contribution in [0, 0.1) is 0 Å². The first-order valence-corrected chi connectivity index (χ1v) is 6.71. The summed E-state index contributed by atoms with van der Waals surface area (Å²) >= 11 is 3.50. The van der Waals surface area contributed by atoms with E-state index in [2.05, 4.69) is 26.1 Å². The number of hydrogen-bond acceptors (Lipinski definition) is 3. The van der Waals surface area contributed by atoms with E-state index in [1.165, 1.54) is 0 Å². The van der Waals surface area contributed by atoms with Gasteiger partial charge in [0.15, 0.2) is 0 Å². The van der Waals surface area contributed by atoms with Gasteiger partial charge in [-0.2, -0.15) is 10.2 Å². The highest BCUT2D eigenvalue weighted by molar-refractivity contribution is 9.10. The van der Waals surface area contributed by atoms with Crippen molar-refractivity contribution in [2.75, 3.05) is 0 Å². The van der Waals surface area contributed by atoms with Crippen LogP contribution < -0.4 is 0 Å². The van der Waals surface area contributed by atoms with Gasteiger partial charge in [0.1, 0.15) is 6.10 Å². The number of nitrogens with zero attached hydrogens (tertiary/aromatic N) is 4. The zero-order valence-electron chi connectivity index (χ0n) is 10.4. The minimum Gasteiger partial charge on any atom is -0.386 e. The lowest BCUT2D eigenvalue weighted by atomic mass is 10.2. The van der Waals surface area contributed by atoms with E-state index in [9.17, 15) is 5.11 Å². The maximum absolute atomic E-state index is 10.2. The van der Waals surface area contributed by atoms with Gasteiger partial charge < -0.3 is 5.11 Å². The van der Waals surface area contributed by atoms with Gasteiger partial charge in [-0.05, 0) is 12.1 Å². The smallest absolute Gasteiger partial charge is 0.102 e. The second-order valence-electron chi connectivity index (χ2n) is 4.49. The predicted octanol–water partition coefficient (Wildman–Crippen LogP) is 2.27. The van der Waals surface area contributed by atoms with Crippen LogP contribution in [-0.4, -0.2) is 24.7 Å². The normalized spacial score (nSPS) is 13.0. The van der Waals surface area contributed by atoms with Gasteiger partial charge in [0.25, 0.3) is 0 Å². The molecule has 1 N–H and O–H groups in total. The Morgan fingerprint density at radius 1 is 1.37 bits per heavy atom. The summed E-state index contributed by atoms with van der Waals surface area (Å²) in [7, 11) is 1.83. The Kier molecular flexibility index (Phi) is 3.12. The monoisotopic (exact) mass is 320 g/mol. The third kappa shape index (κ3) is 2.41. The average molecular weight is 321 g/mol. The van der Waals surface area contributed by atoms with Crippen LogP contribution in [0.2, 0.25) is 0 Å². The van der Waals surface area contributed by atoms with Crippen LogP contribution in [0.1, 0.15) is 11.7 Å². The highest BCUT2D eigenvalue weighted by Gasteiger charge is 2.12. The number of fused-ring (bicyclic) bond motifs is 1. The molecule has 19 heavy (non-hydrogen) atoms. The second-order valence-corrected chi connectivity index (χ2v) is 5.34. The van der Waals surface area contributed by atoms with E-state index in [-0.39, 0.29) is 0 Å². The summed E-state index contributed by atoms with van der Waals surface area (Å²) in [5, 5.41) is 19.7. The van der Waals surface area contributed by atoms with Crippen molar-refractivity contribution in [1.29, 1.82) is 0 Å². The van der Waals surface area contributed by atoms with Gasteiger partial charge in [-0.1, -0.05) is 22.0 Å². The molecule has 2 aromatic heterocycles. The Bertz CT molecular complexity index is 718. The van der Waals surface area contributed by atoms with Crippen molar-refractivity contribution < 1.29 is 5.11 Å². The number of benzene rings is 1. The van der Waals surface area contributed by atoms with Crippen molar-refractivity contribution in [3.05, 3.63) is 46.8 Å². The molecule has 0 amide bonds. The number of halogens is 1. The molecule has 2 heterocycles. The molecule has 1 aromatic carbocycles. The third-order valence-electron chi connectivity index (χ3n) is 3.01. The molecule has 0 bridgehead atoms. The topological polar surface area (TPSA) is 55.9 Å². The molecule has 3 rings (SSSR count). The zero-order valence-corrected chi connectivity index (χ0v) is 11.9. The minimum absolute atomic E-state index is 0.410. The number of aryl methyl sites for hydroxylation is 1. The number of hydrogen-bond donors (Lipinski definition) is 1. The van der Waals surface area contributed by atoms with E-state index >= 15 is 0 Å². The van der Waals surface area contributed by atoms with Gasteiger partial charge in [0, 0.05) is 34.9 Å². The largest absolute Gasteiger partial charge is 0.386 e. The molecule has 0 spiro atoms. The molecule has 0 saturated heterocycles. The van der Waals surface area contributed by atoms with E-state index in [4.69, 9.17) is 0 Å². The van der Waals surface area contributed by atoms with Crippen LogP contribution in [0.4, 0.5) is 0 Å². The molecule has 0 radical (unpaired) electrons. The van der Waals surface area contributed by atoms with Crippen molar-refractivity contribution in [2.24, 2.45) is 7.05 Å². The van der Waals surface area contributed by atoms with E-state index < -0.39 is 6.10 Å². The number of rotatable bonds is 3. The summed E-state index contributed by atoms with van der Waals surface area (Å²) in [6.07, 6.45) is 4.80. The molecule has 0 aliphatic rings. The highest BCUT2D eigenvalue weighted by atomic mass is 79.9. The number of aliphatic hydroxyl groups excluding tert-OH is 1. The molecule has 1 unspecified atom stereocenters. The summed E-state index contributed by atoms with van der Waals surface area (Å²) in [6.45, 7) is 0.410. The maximum atomic E-state index is 10.2. The molecule has 98 valence electrons. The lowest BCUT2D eigenvalue weighted by Gasteiger charge is -2.07. The molecule has 0 saturated carbocycles. The first kappa shape index (κ1) is 12.4. The predicted molar refractivity (Wildman–Crippen MR) is 75.6 cm³/mol. The quantitative estimate of drug-likeness (QED) is 0.805. The van der Waals surface area contributed by atoms with Crippen molar-refractivity contribution in [1.82, 2.24) is 19.6 Å². The van der Waals surface area contributed by atoms with Crippen molar-refractivity contribution in [2.45, 2.75) is 12.6 Å². The fraction of sp³-hybridized carbons (Fsp3) is 0.231. The van der Waals surface area contributed by atoms with E-state index in [0.29, 0.717) is 6.54 Å². The lowest BCUT2D eigenvalue weighted by molar-refractivity contribution is 0.152. The van der Waals surface area contributed by atoms with Gasteiger partial charge >= 0.3 is 0 Å². The van der Waals surface area contributed by atoms with Gasteiger partial charge in [0.05, 0.1) is 18.3 Å². The van der Waals surface area contributed by atoms with Crippen molar-refractivity contribution in [3.63, 3.8) is 0 Å². The summed E-state index contributed by atoms with van der Waals surface area (Å²) in [6, 6.07) is 5.88. The fourth-order valence-electron chi connectivity index (χ4n) is 2.05. The Labute approximate surface area is 118 Å². The second kappa shape index (κ2) is 4.79. The Hall–Kier alpha value is -1.66. The maximum Gasteiger partial charge on any atom is 0.102 e. The van der Waals surface area contributed by atoms with Crippen LogP contribution in [-0.2, 0) is 13.6 Å². The molecule has 3 aromatic rings. The highest BCUT2D eigenvalue weighted by Crippen LogP contribution is 2.23. The zero-order chi connectivity index (χ0) is 13.4. The van der Waals surface area contributed by atoms with Crippen LogP contribution in [0.3, 0.4) is 0 Å². The molecular formula is C13H13BrN4O. The number of aliphatic hydroxyl groups is 1. The summed E-state index contributed by atoms with van der Waals surface area (Å²) in [4.78, 5) is 0. The molecule has 0 aliphatic heterocycles. The minimum atomic E-state index is -0.609. The summed E-state index contributed by atoms with van der Waals surface area (Å²) in [5.74, 6) is 0. The number of aromatic nitrogens is 4. The molecule has 0 aliphatic carbocycles. The molecule has 0 fully saturated rings.